The maximum Gasteiger partial charge on any atom is 0.139 e. The highest BCUT2D eigenvalue weighted by Crippen LogP contribution is 2.63. The van der Waals surface area contributed by atoms with Crippen molar-refractivity contribution in [3.05, 3.63) is 0 Å². The van der Waals surface area contributed by atoms with Crippen molar-refractivity contribution in [1.29, 1.82) is 0 Å². The third kappa shape index (κ3) is 1.97. The van der Waals surface area contributed by atoms with E-state index in [1.807, 2.05) is 0 Å². The number of Topliss-reactive ketones (excluding diaryl/α,β-unsaturated/α-hetero) is 1. The molecule has 4 rings (SSSR count). The Balaban J connectivity index is 1.60. The van der Waals surface area contributed by atoms with Crippen LogP contribution in [0.25, 0.3) is 0 Å². The normalized spacial score (nSPS) is 56.5. The predicted octanol–water partition coefficient (Wildman–Crippen LogP) is 3.96. The maximum atomic E-state index is 12.4. The Bertz CT molecular complexity index is 458. The molecule has 7 atom stereocenters. The van der Waals surface area contributed by atoms with Gasteiger partial charge in [0.15, 0.2) is 0 Å². The van der Waals surface area contributed by atoms with Crippen molar-refractivity contribution in [3.8, 4) is 0 Å². The summed E-state index contributed by atoms with van der Waals surface area (Å²) in [7, 11) is 0. The molecule has 21 heavy (non-hydrogen) atoms. The third-order valence-corrected chi connectivity index (χ3v) is 8.12. The molecule has 0 amide bonds. The maximum absolute atomic E-state index is 12.4. The second-order valence-corrected chi connectivity index (χ2v) is 9.17. The van der Waals surface area contributed by atoms with Crippen molar-refractivity contribution in [2.75, 3.05) is 0 Å². The van der Waals surface area contributed by atoms with E-state index in [1.165, 1.54) is 25.7 Å². The Kier molecular flexibility index (Phi) is 3.10. The van der Waals surface area contributed by atoms with Crippen molar-refractivity contribution in [1.82, 2.24) is 0 Å². The Morgan fingerprint density at radius 2 is 1.90 bits per heavy atom. The first-order valence-corrected chi connectivity index (χ1v) is 9.14. The molecule has 4 aliphatic carbocycles. The molecule has 2 nitrogen and oxygen atoms in total. The Morgan fingerprint density at radius 3 is 2.71 bits per heavy atom. The molecule has 0 bridgehead atoms. The molecule has 4 saturated carbocycles. The number of aliphatic hydroxyl groups is 1. The fourth-order valence-corrected chi connectivity index (χ4v) is 6.88. The Morgan fingerprint density at radius 1 is 1.10 bits per heavy atom. The first-order chi connectivity index (χ1) is 9.92. The molecule has 2 unspecified atom stereocenters. The smallest absolute Gasteiger partial charge is 0.139 e. The second kappa shape index (κ2) is 4.57. The number of fused-ring (bicyclic) bond motifs is 4. The van der Waals surface area contributed by atoms with Gasteiger partial charge in [-0.05, 0) is 80.5 Å². The highest BCUT2D eigenvalue weighted by Gasteiger charge is 2.58. The zero-order valence-electron chi connectivity index (χ0n) is 13.6. The zero-order valence-corrected chi connectivity index (χ0v) is 13.6. The molecule has 1 N–H and O–H groups in total. The summed E-state index contributed by atoms with van der Waals surface area (Å²) in [4.78, 5) is 12.4. The molecule has 2 heteroatoms. The van der Waals surface area contributed by atoms with Gasteiger partial charge >= 0.3 is 0 Å². The average molecular weight is 290 g/mol. The van der Waals surface area contributed by atoms with Crippen LogP contribution in [0.5, 0.6) is 0 Å². The van der Waals surface area contributed by atoms with Crippen LogP contribution >= 0.6 is 0 Å². The summed E-state index contributed by atoms with van der Waals surface area (Å²) >= 11 is 0. The lowest BCUT2D eigenvalue weighted by molar-refractivity contribution is -0.135. The lowest BCUT2D eigenvalue weighted by Crippen LogP contribution is -2.50. The van der Waals surface area contributed by atoms with Gasteiger partial charge in [0.25, 0.3) is 0 Å². The molecule has 0 aliphatic heterocycles. The van der Waals surface area contributed by atoms with Gasteiger partial charge in [-0.3, -0.25) is 4.79 Å². The van der Waals surface area contributed by atoms with Gasteiger partial charge in [-0.1, -0.05) is 13.8 Å². The van der Waals surface area contributed by atoms with Crippen LogP contribution in [-0.4, -0.2) is 17.0 Å². The van der Waals surface area contributed by atoms with Crippen LogP contribution in [0.1, 0.15) is 71.6 Å². The van der Waals surface area contributed by atoms with Crippen LogP contribution in [0.15, 0.2) is 0 Å². The van der Waals surface area contributed by atoms with E-state index < -0.39 is 0 Å². The number of rotatable bonds is 0. The Hall–Kier alpha value is -0.370. The van der Waals surface area contributed by atoms with E-state index in [2.05, 4.69) is 13.8 Å². The minimum Gasteiger partial charge on any atom is -0.393 e. The molecule has 4 fully saturated rings. The zero-order chi connectivity index (χ0) is 14.8. The molecule has 118 valence electrons. The minimum absolute atomic E-state index is 0.0170. The molecule has 4 aliphatic rings. The second-order valence-electron chi connectivity index (χ2n) is 9.17. The van der Waals surface area contributed by atoms with Gasteiger partial charge in [-0.2, -0.15) is 0 Å². The van der Waals surface area contributed by atoms with Crippen LogP contribution in [-0.2, 0) is 4.79 Å². The third-order valence-electron chi connectivity index (χ3n) is 8.12. The van der Waals surface area contributed by atoms with E-state index in [9.17, 15) is 9.90 Å². The van der Waals surface area contributed by atoms with Crippen molar-refractivity contribution < 1.29 is 9.90 Å². The van der Waals surface area contributed by atoms with Crippen molar-refractivity contribution in [2.24, 2.45) is 34.5 Å². The monoisotopic (exact) mass is 290 g/mol. The first-order valence-electron chi connectivity index (χ1n) is 9.14. The number of carbonyl (C=O) groups excluding carboxylic acids is 1. The largest absolute Gasteiger partial charge is 0.393 e. The number of aliphatic hydroxyl groups excluding tert-OH is 1. The van der Waals surface area contributed by atoms with Crippen molar-refractivity contribution in [3.63, 3.8) is 0 Å². The fourth-order valence-electron chi connectivity index (χ4n) is 6.88. The van der Waals surface area contributed by atoms with Crippen molar-refractivity contribution >= 4 is 5.78 Å². The van der Waals surface area contributed by atoms with Gasteiger partial charge in [0.05, 0.1) is 6.10 Å². The molecular weight excluding hydrogens is 260 g/mol. The van der Waals surface area contributed by atoms with Gasteiger partial charge < -0.3 is 5.11 Å². The number of hydrogen-bond donors (Lipinski definition) is 1. The van der Waals surface area contributed by atoms with Gasteiger partial charge in [0, 0.05) is 11.8 Å². The van der Waals surface area contributed by atoms with E-state index >= 15 is 0 Å². The number of ketones is 1. The number of carbonyl (C=O) groups is 1. The number of hydrogen-bond acceptors (Lipinski definition) is 2. The van der Waals surface area contributed by atoms with Gasteiger partial charge in [-0.25, -0.2) is 0 Å². The predicted molar refractivity (Wildman–Crippen MR) is 82.7 cm³/mol. The van der Waals surface area contributed by atoms with Crippen LogP contribution < -0.4 is 0 Å². The van der Waals surface area contributed by atoms with Crippen molar-refractivity contribution in [2.45, 2.75) is 77.7 Å². The van der Waals surface area contributed by atoms with Crippen LogP contribution in [0.4, 0.5) is 0 Å². The molecular formula is C19H30O2. The van der Waals surface area contributed by atoms with Gasteiger partial charge in [0.2, 0.25) is 0 Å². The van der Waals surface area contributed by atoms with Gasteiger partial charge in [-0.15, -0.1) is 0 Å². The molecule has 0 saturated heterocycles. The van der Waals surface area contributed by atoms with E-state index in [0.717, 1.165) is 49.9 Å². The topological polar surface area (TPSA) is 37.3 Å². The summed E-state index contributed by atoms with van der Waals surface area (Å²) in [5.74, 6) is 3.63. The summed E-state index contributed by atoms with van der Waals surface area (Å²) in [6.07, 6.45) is 10.2. The summed E-state index contributed by atoms with van der Waals surface area (Å²) < 4.78 is 0. The summed E-state index contributed by atoms with van der Waals surface area (Å²) in [5.41, 5.74) is 0.387. The van der Waals surface area contributed by atoms with E-state index in [-0.39, 0.29) is 11.5 Å². The highest BCUT2D eigenvalue weighted by molar-refractivity contribution is 5.87. The standard InChI is InChI=1S/C19H30O2/c1-18-10-12-7-8-19(2)16(5-6-17(19)21)15(12)9-13(18)3-4-14(20)11-18/h12-16,20H,3-11H2,1-2H3/t12?,13-,14-,15+,16?,18+,19-/m0/s1. The molecule has 0 spiro atoms. The molecule has 0 aromatic heterocycles. The highest BCUT2D eigenvalue weighted by atomic mass is 16.3. The van der Waals surface area contributed by atoms with Crippen LogP contribution in [0.3, 0.4) is 0 Å². The summed E-state index contributed by atoms with van der Waals surface area (Å²) in [6.45, 7) is 4.70. The van der Waals surface area contributed by atoms with Crippen LogP contribution in [0, 0.1) is 34.5 Å². The van der Waals surface area contributed by atoms with Crippen LogP contribution in [0.2, 0.25) is 0 Å². The van der Waals surface area contributed by atoms with E-state index in [0.29, 0.717) is 17.1 Å². The van der Waals surface area contributed by atoms with E-state index in [1.54, 1.807) is 0 Å². The van der Waals surface area contributed by atoms with E-state index in [4.69, 9.17) is 0 Å². The fraction of sp³-hybridized carbons (Fsp3) is 0.947. The molecule has 0 radical (unpaired) electrons. The SMILES string of the molecule is C[C@]12CC3CC[C@]4(C)C(=O)CCC4[C@@H]3C[C@@H]1CC[C@H](O)C2. The Labute approximate surface area is 128 Å². The minimum atomic E-state index is -0.0651. The lowest BCUT2D eigenvalue weighted by atomic mass is 9.48. The summed E-state index contributed by atoms with van der Waals surface area (Å²) in [5, 5.41) is 10.1. The molecule has 0 heterocycles. The first kappa shape index (κ1) is 14.2. The lowest BCUT2D eigenvalue weighted by Gasteiger charge is -2.57. The van der Waals surface area contributed by atoms with Gasteiger partial charge in [0.1, 0.15) is 5.78 Å². The summed E-state index contributed by atoms with van der Waals surface area (Å²) in [6, 6.07) is 0. The molecule has 0 aromatic rings. The average Bonchev–Trinajstić information content (AvgIpc) is 2.72. The quantitative estimate of drug-likeness (QED) is 0.733. The molecule has 0 aromatic carbocycles.